The summed E-state index contributed by atoms with van der Waals surface area (Å²) in [5.74, 6) is 0. The molecule has 0 aromatic carbocycles. The van der Waals surface area contributed by atoms with Gasteiger partial charge < -0.3 is 15.0 Å². The van der Waals surface area contributed by atoms with Crippen LogP contribution >= 0.6 is 0 Å². The Kier molecular flexibility index (Phi) is 12.2. The molecule has 0 saturated carbocycles. The third kappa shape index (κ3) is 12.1. The molecule has 1 heterocycles. The van der Waals surface area contributed by atoms with E-state index >= 15 is 0 Å². The monoisotopic (exact) mass is 298 g/mol. The maximum atomic E-state index is 5.56. The lowest BCUT2D eigenvalue weighted by Gasteiger charge is -2.27. The van der Waals surface area contributed by atoms with Crippen molar-refractivity contribution in [2.24, 2.45) is 0 Å². The van der Waals surface area contributed by atoms with Crippen LogP contribution in [0.3, 0.4) is 0 Å². The molecule has 0 aromatic heterocycles. The molecule has 1 rings (SSSR count). The number of hydrogen-bond acceptors (Lipinski definition) is 3. The Hall–Kier alpha value is -0.120. The summed E-state index contributed by atoms with van der Waals surface area (Å²) in [4.78, 5) is 2.61. The second kappa shape index (κ2) is 13.5. The first kappa shape index (κ1) is 18.9. The van der Waals surface area contributed by atoms with Gasteiger partial charge >= 0.3 is 0 Å². The third-order valence-corrected chi connectivity index (χ3v) is 4.28. The molecule has 1 aliphatic heterocycles. The fourth-order valence-corrected chi connectivity index (χ4v) is 2.93. The van der Waals surface area contributed by atoms with E-state index in [0.717, 1.165) is 6.61 Å². The highest BCUT2D eigenvalue weighted by molar-refractivity contribution is 4.67. The summed E-state index contributed by atoms with van der Waals surface area (Å²) in [5, 5.41) is 3.41. The zero-order chi connectivity index (χ0) is 15.2. The number of hydrogen-bond donors (Lipinski definition) is 1. The molecule has 3 nitrogen and oxygen atoms in total. The van der Waals surface area contributed by atoms with Crippen molar-refractivity contribution in [2.45, 2.75) is 77.7 Å². The molecular formula is C18H38N2O. The Balaban J connectivity index is 1.70. The second-order valence-corrected chi connectivity index (χ2v) is 6.69. The number of piperazine rings is 1. The largest absolute Gasteiger partial charge is 0.379 e. The van der Waals surface area contributed by atoms with Gasteiger partial charge in [0.2, 0.25) is 0 Å². The van der Waals surface area contributed by atoms with Gasteiger partial charge in [-0.25, -0.2) is 0 Å². The van der Waals surface area contributed by atoms with E-state index in [1.807, 2.05) is 0 Å². The van der Waals surface area contributed by atoms with Gasteiger partial charge in [-0.05, 0) is 33.2 Å². The average Bonchev–Trinajstić information content (AvgIpc) is 2.49. The van der Waals surface area contributed by atoms with E-state index in [1.165, 1.54) is 90.5 Å². The molecule has 3 heteroatoms. The summed E-state index contributed by atoms with van der Waals surface area (Å²) < 4.78 is 5.56. The Morgan fingerprint density at radius 3 is 1.90 bits per heavy atom. The summed E-state index contributed by atoms with van der Waals surface area (Å²) in [6.07, 6.45) is 12.9. The zero-order valence-electron chi connectivity index (χ0n) is 14.5. The molecule has 0 aliphatic carbocycles. The summed E-state index contributed by atoms with van der Waals surface area (Å²) in [7, 11) is 0. The Bertz CT molecular complexity index is 215. The van der Waals surface area contributed by atoms with E-state index in [4.69, 9.17) is 4.74 Å². The molecule has 1 fully saturated rings. The van der Waals surface area contributed by atoms with Crippen molar-refractivity contribution in [3.05, 3.63) is 0 Å². The lowest BCUT2D eigenvalue weighted by molar-refractivity contribution is 0.0756. The molecule has 0 unspecified atom stereocenters. The van der Waals surface area contributed by atoms with Gasteiger partial charge in [0, 0.05) is 32.8 Å². The second-order valence-electron chi connectivity index (χ2n) is 6.69. The van der Waals surface area contributed by atoms with Gasteiger partial charge in [0.25, 0.3) is 0 Å². The minimum absolute atomic E-state index is 0.395. The van der Waals surface area contributed by atoms with Gasteiger partial charge in [-0.1, -0.05) is 44.9 Å². The highest BCUT2D eigenvalue weighted by Crippen LogP contribution is 2.10. The topological polar surface area (TPSA) is 24.5 Å². The molecule has 0 atom stereocenters. The first-order valence-electron chi connectivity index (χ1n) is 9.33. The quantitative estimate of drug-likeness (QED) is 0.523. The van der Waals surface area contributed by atoms with Crippen LogP contribution in [0.4, 0.5) is 0 Å². The van der Waals surface area contributed by atoms with Gasteiger partial charge in [0.15, 0.2) is 0 Å². The van der Waals surface area contributed by atoms with Gasteiger partial charge in [0.1, 0.15) is 0 Å². The minimum atomic E-state index is 0.395. The van der Waals surface area contributed by atoms with E-state index in [9.17, 15) is 0 Å². The summed E-state index contributed by atoms with van der Waals surface area (Å²) in [5.41, 5.74) is 0. The predicted molar refractivity (Wildman–Crippen MR) is 92.0 cm³/mol. The van der Waals surface area contributed by atoms with Gasteiger partial charge in [-0.3, -0.25) is 0 Å². The van der Waals surface area contributed by atoms with E-state index < -0.39 is 0 Å². The normalized spacial score (nSPS) is 16.7. The van der Waals surface area contributed by atoms with Crippen molar-refractivity contribution in [3.8, 4) is 0 Å². The van der Waals surface area contributed by atoms with Crippen LogP contribution in [-0.4, -0.2) is 50.3 Å². The minimum Gasteiger partial charge on any atom is -0.379 e. The van der Waals surface area contributed by atoms with Gasteiger partial charge in [0.05, 0.1) is 6.10 Å². The SMILES string of the molecule is CC(C)OCCCCCCCCCCCN1CCNCC1. The number of nitrogens with zero attached hydrogens (tertiary/aromatic N) is 1. The maximum Gasteiger partial charge on any atom is 0.0518 e. The molecule has 0 amide bonds. The first-order chi connectivity index (χ1) is 10.3. The van der Waals surface area contributed by atoms with Crippen molar-refractivity contribution in [1.29, 1.82) is 0 Å². The fraction of sp³-hybridized carbons (Fsp3) is 1.00. The molecule has 0 spiro atoms. The molecule has 1 aliphatic rings. The van der Waals surface area contributed by atoms with Crippen molar-refractivity contribution in [1.82, 2.24) is 10.2 Å². The van der Waals surface area contributed by atoms with Gasteiger partial charge in [-0.15, -0.1) is 0 Å². The van der Waals surface area contributed by atoms with Crippen LogP contribution < -0.4 is 5.32 Å². The third-order valence-electron chi connectivity index (χ3n) is 4.28. The number of nitrogens with one attached hydrogen (secondary N) is 1. The molecule has 0 radical (unpaired) electrons. The Morgan fingerprint density at radius 1 is 0.810 bits per heavy atom. The lowest BCUT2D eigenvalue weighted by Crippen LogP contribution is -2.43. The van der Waals surface area contributed by atoms with Crippen LogP contribution in [0.15, 0.2) is 0 Å². The van der Waals surface area contributed by atoms with Crippen LogP contribution in [0.5, 0.6) is 0 Å². The summed E-state index contributed by atoms with van der Waals surface area (Å²) in [6.45, 7) is 11.4. The van der Waals surface area contributed by atoms with Crippen LogP contribution in [0, 0.1) is 0 Å². The molecular weight excluding hydrogens is 260 g/mol. The molecule has 126 valence electrons. The maximum absolute atomic E-state index is 5.56. The fourth-order valence-electron chi connectivity index (χ4n) is 2.93. The van der Waals surface area contributed by atoms with E-state index in [-0.39, 0.29) is 0 Å². The highest BCUT2D eigenvalue weighted by atomic mass is 16.5. The van der Waals surface area contributed by atoms with Crippen LogP contribution in [0.2, 0.25) is 0 Å². The van der Waals surface area contributed by atoms with Crippen LogP contribution in [0.1, 0.15) is 71.6 Å². The standard InChI is InChI=1S/C18H38N2O/c1-18(2)21-17-11-9-7-5-3-4-6-8-10-14-20-15-12-19-13-16-20/h18-19H,3-17H2,1-2H3. The first-order valence-corrected chi connectivity index (χ1v) is 9.33. The zero-order valence-corrected chi connectivity index (χ0v) is 14.5. The molecule has 0 aromatic rings. The lowest BCUT2D eigenvalue weighted by atomic mass is 10.1. The predicted octanol–water partition coefficient (Wildman–Crippen LogP) is 3.83. The van der Waals surface area contributed by atoms with Crippen molar-refractivity contribution >= 4 is 0 Å². The molecule has 21 heavy (non-hydrogen) atoms. The highest BCUT2D eigenvalue weighted by Gasteiger charge is 2.07. The van der Waals surface area contributed by atoms with Crippen LogP contribution in [0.25, 0.3) is 0 Å². The van der Waals surface area contributed by atoms with Crippen molar-refractivity contribution in [3.63, 3.8) is 0 Å². The van der Waals surface area contributed by atoms with E-state index in [2.05, 4.69) is 24.1 Å². The van der Waals surface area contributed by atoms with E-state index in [1.54, 1.807) is 0 Å². The Morgan fingerprint density at radius 2 is 1.33 bits per heavy atom. The average molecular weight is 299 g/mol. The summed E-state index contributed by atoms with van der Waals surface area (Å²) >= 11 is 0. The van der Waals surface area contributed by atoms with Crippen molar-refractivity contribution in [2.75, 3.05) is 39.3 Å². The number of ether oxygens (including phenoxy) is 1. The smallest absolute Gasteiger partial charge is 0.0518 e. The Labute approximate surface area is 132 Å². The van der Waals surface area contributed by atoms with Gasteiger partial charge in [-0.2, -0.15) is 0 Å². The number of unbranched alkanes of at least 4 members (excludes halogenated alkanes) is 8. The molecule has 1 saturated heterocycles. The number of rotatable bonds is 13. The van der Waals surface area contributed by atoms with E-state index in [0.29, 0.717) is 6.10 Å². The van der Waals surface area contributed by atoms with Crippen molar-refractivity contribution < 1.29 is 4.74 Å². The van der Waals surface area contributed by atoms with Crippen LogP contribution in [-0.2, 0) is 4.74 Å². The summed E-state index contributed by atoms with van der Waals surface area (Å²) in [6, 6.07) is 0. The molecule has 0 bridgehead atoms. The molecule has 1 N–H and O–H groups in total.